The first kappa shape index (κ1) is 20.0. The van der Waals surface area contributed by atoms with E-state index < -0.39 is 0 Å². The SMILES string of the molecule is Cc1ccc(Nc2nnc(SCCCC(=O)c3ccc(Br)cc3)s2)cc1C. The second kappa shape index (κ2) is 9.48. The summed E-state index contributed by atoms with van der Waals surface area (Å²) in [4.78, 5) is 12.2. The van der Waals surface area contributed by atoms with Crippen molar-refractivity contribution in [3.63, 3.8) is 0 Å². The van der Waals surface area contributed by atoms with Gasteiger partial charge in [-0.05, 0) is 55.7 Å². The number of thioether (sulfide) groups is 1. The van der Waals surface area contributed by atoms with Gasteiger partial charge in [0, 0.05) is 27.9 Å². The van der Waals surface area contributed by atoms with E-state index in [1.54, 1.807) is 11.8 Å². The van der Waals surface area contributed by atoms with Crippen LogP contribution in [-0.2, 0) is 0 Å². The second-order valence-electron chi connectivity index (χ2n) is 6.18. The molecule has 0 amide bonds. The van der Waals surface area contributed by atoms with Crippen molar-refractivity contribution in [2.24, 2.45) is 0 Å². The molecule has 0 radical (unpaired) electrons. The highest BCUT2D eigenvalue weighted by Crippen LogP contribution is 2.29. The predicted octanol–water partition coefficient (Wildman–Crippen LogP) is 6.42. The molecule has 0 saturated carbocycles. The second-order valence-corrected chi connectivity index (χ2v) is 9.41. The van der Waals surface area contributed by atoms with Gasteiger partial charge in [-0.25, -0.2) is 0 Å². The third-order valence-corrected chi connectivity index (χ3v) is 6.69. The minimum Gasteiger partial charge on any atom is -0.330 e. The molecule has 0 saturated heterocycles. The van der Waals surface area contributed by atoms with Crippen LogP contribution in [0.5, 0.6) is 0 Å². The van der Waals surface area contributed by atoms with Crippen molar-refractivity contribution >= 4 is 55.6 Å². The highest BCUT2D eigenvalue weighted by atomic mass is 79.9. The lowest BCUT2D eigenvalue weighted by Gasteiger charge is -2.05. The number of anilines is 2. The zero-order valence-corrected chi connectivity index (χ0v) is 18.4. The predicted molar refractivity (Wildman–Crippen MR) is 118 cm³/mol. The molecule has 0 aliphatic rings. The van der Waals surface area contributed by atoms with Crippen LogP contribution < -0.4 is 5.32 Å². The van der Waals surface area contributed by atoms with Crippen molar-refractivity contribution in [3.8, 4) is 0 Å². The zero-order chi connectivity index (χ0) is 19.2. The molecule has 27 heavy (non-hydrogen) atoms. The largest absolute Gasteiger partial charge is 0.330 e. The molecule has 3 rings (SSSR count). The van der Waals surface area contributed by atoms with Crippen molar-refractivity contribution in [3.05, 3.63) is 63.6 Å². The van der Waals surface area contributed by atoms with Crippen molar-refractivity contribution in [1.82, 2.24) is 10.2 Å². The molecule has 0 spiro atoms. The Morgan fingerprint density at radius 3 is 2.63 bits per heavy atom. The van der Waals surface area contributed by atoms with E-state index >= 15 is 0 Å². The Bertz CT molecular complexity index is 925. The molecule has 0 aliphatic carbocycles. The Morgan fingerprint density at radius 1 is 1.11 bits per heavy atom. The number of Topliss-reactive ketones (excluding diaryl/α,β-unsaturated/α-hetero) is 1. The van der Waals surface area contributed by atoms with Gasteiger partial charge in [-0.3, -0.25) is 4.79 Å². The molecule has 3 aromatic rings. The van der Waals surface area contributed by atoms with Crippen LogP contribution >= 0.6 is 39.0 Å². The number of aryl methyl sites for hydroxylation is 2. The first-order chi connectivity index (χ1) is 13.0. The first-order valence-corrected chi connectivity index (χ1v) is 11.2. The van der Waals surface area contributed by atoms with E-state index in [9.17, 15) is 4.79 Å². The molecule has 140 valence electrons. The molecule has 1 N–H and O–H groups in total. The van der Waals surface area contributed by atoms with Gasteiger partial charge in [0.15, 0.2) is 10.1 Å². The maximum absolute atomic E-state index is 12.2. The minimum atomic E-state index is 0.178. The van der Waals surface area contributed by atoms with E-state index in [0.717, 1.165) is 37.4 Å². The minimum absolute atomic E-state index is 0.178. The van der Waals surface area contributed by atoms with E-state index in [1.807, 2.05) is 30.3 Å². The average molecular weight is 462 g/mol. The lowest BCUT2D eigenvalue weighted by molar-refractivity contribution is 0.0982. The molecule has 4 nitrogen and oxygen atoms in total. The lowest BCUT2D eigenvalue weighted by atomic mass is 10.1. The summed E-state index contributed by atoms with van der Waals surface area (Å²) in [5, 5.41) is 12.5. The van der Waals surface area contributed by atoms with Gasteiger partial charge in [-0.2, -0.15) is 0 Å². The average Bonchev–Trinajstić information content (AvgIpc) is 3.09. The van der Waals surface area contributed by atoms with Crippen LogP contribution in [0.15, 0.2) is 51.3 Å². The number of carbonyl (C=O) groups is 1. The molecular formula is C20H20BrN3OS2. The van der Waals surface area contributed by atoms with Crippen molar-refractivity contribution in [2.45, 2.75) is 31.0 Å². The van der Waals surface area contributed by atoms with Gasteiger partial charge in [0.05, 0.1) is 0 Å². The molecule has 1 aromatic heterocycles. The third kappa shape index (κ3) is 5.89. The number of rotatable bonds is 8. The Balaban J connectivity index is 1.44. The van der Waals surface area contributed by atoms with Crippen LogP contribution in [0.3, 0.4) is 0 Å². The Kier molecular flexibility index (Phi) is 7.04. The highest BCUT2D eigenvalue weighted by Gasteiger charge is 2.08. The van der Waals surface area contributed by atoms with E-state index in [-0.39, 0.29) is 5.78 Å². The van der Waals surface area contributed by atoms with Gasteiger partial charge in [0.2, 0.25) is 5.13 Å². The highest BCUT2D eigenvalue weighted by molar-refractivity contribution is 9.10. The maximum Gasteiger partial charge on any atom is 0.210 e. The number of ketones is 1. The summed E-state index contributed by atoms with van der Waals surface area (Å²) >= 11 is 6.56. The van der Waals surface area contributed by atoms with Crippen LogP contribution in [0.2, 0.25) is 0 Å². The molecular weight excluding hydrogens is 442 g/mol. The third-order valence-electron chi connectivity index (χ3n) is 4.10. The van der Waals surface area contributed by atoms with Crippen molar-refractivity contribution in [2.75, 3.05) is 11.1 Å². The molecule has 0 atom stereocenters. The monoisotopic (exact) mass is 461 g/mol. The molecule has 0 aliphatic heterocycles. The molecule has 0 bridgehead atoms. The summed E-state index contributed by atoms with van der Waals surface area (Å²) in [6.45, 7) is 4.19. The summed E-state index contributed by atoms with van der Waals surface area (Å²) in [6.07, 6.45) is 1.36. The number of hydrogen-bond acceptors (Lipinski definition) is 6. The number of halogens is 1. The van der Waals surface area contributed by atoms with Crippen molar-refractivity contribution in [1.29, 1.82) is 0 Å². The number of benzene rings is 2. The topological polar surface area (TPSA) is 54.9 Å². The Morgan fingerprint density at radius 2 is 1.89 bits per heavy atom. The number of nitrogens with one attached hydrogen (secondary N) is 1. The number of hydrogen-bond donors (Lipinski definition) is 1. The van der Waals surface area contributed by atoms with E-state index in [1.165, 1.54) is 22.5 Å². The summed E-state index contributed by atoms with van der Waals surface area (Å²) in [5.74, 6) is 1.03. The van der Waals surface area contributed by atoms with Crippen LogP contribution in [0.4, 0.5) is 10.8 Å². The number of carbonyl (C=O) groups excluding carboxylic acids is 1. The van der Waals surface area contributed by atoms with Crippen LogP contribution in [0, 0.1) is 13.8 Å². The molecule has 2 aromatic carbocycles. The van der Waals surface area contributed by atoms with Gasteiger partial charge in [0.1, 0.15) is 0 Å². The fourth-order valence-corrected chi connectivity index (χ4v) is 4.48. The van der Waals surface area contributed by atoms with E-state index in [2.05, 4.69) is 57.4 Å². The van der Waals surface area contributed by atoms with Crippen LogP contribution in [0.25, 0.3) is 0 Å². The van der Waals surface area contributed by atoms with Gasteiger partial charge in [-0.1, -0.05) is 57.2 Å². The summed E-state index contributed by atoms with van der Waals surface area (Å²) < 4.78 is 1.90. The number of aromatic nitrogens is 2. The van der Waals surface area contributed by atoms with Crippen LogP contribution in [0.1, 0.15) is 34.3 Å². The van der Waals surface area contributed by atoms with Crippen LogP contribution in [-0.4, -0.2) is 21.7 Å². The van der Waals surface area contributed by atoms with Crippen molar-refractivity contribution < 1.29 is 4.79 Å². The normalized spacial score (nSPS) is 10.8. The Labute approximate surface area is 175 Å². The summed E-state index contributed by atoms with van der Waals surface area (Å²) in [7, 11) is 0. The quantitative estimate of drug-likeness (QED) is 0.238. The molecule has 7 heteroatoms. The summed E-state index contributed by atoms with van der Waals surface area (Å²) in [5.41, 5.74) is 4.30. The molecule has 1 heterocycles. The maximum atomic E-state index is 12.2. The Hall–Kier alpha value is -1.70. The van der Waals surface area contributed by atoms with Gasteiger partial charge in [-0.15, -0.1) is 10.2 Å². The van der Waals surface area contributed by atoms with Gasteiger partial charge < -0.3 is 5.32 Å². The zero-order valence-electron chi connectivity index (χ0n) is 15.2. The van der Waals surface area contributed by atoms with Gasteiger partial charge in [0.25, 0.3) is 0 Å². The number of nitrogens with zero attached hydrogens (tertiary/aromatic N) is 2. The fourth-order valence-electron chi connectivity index (χ4n) is 2.43. The smallest absolute Gasteiger partial charge is 0.210 e. The summed E-state index contributed by atoms with van der Waals surface area (Å²) in [6, 6.07) is 13.8. The molecule has 0 unspecified atom stereocenters. The fraction of sp³-hybridized carbons (Fsp3) is 0.250. The lowest BCUT2D eigenvalue weighted by Crippen LogP contribution is -1.99. The standard InChI is InChI=1S/C20H20BrN3OS2/c1-13-5-10-17(12-14(13)2)22-19-23-24-20(27-19)26-11-3-4-18(25)15-6-8-16(21)9-7-15/h5-10,12H,3-4,11H2,1-2H3,(H,22,23). The van der Waals surface area contributed by atoms with Gasteiger partial charge >= 0.3 is 0 Å². The first-order valence-electron chi connectivity index (χ1n) is 8.60. The van der Waals surface area contributed by atoms with E-state index in [0.29, 0.717) is 6.42 Å². The molecule has 0 fully saturated rings. The van der Waals surface area contributed by atoms with E-state index in [4.69, 9.17) is 0 Å².